The highest BCUT2D eigenvalue weighted by Crippen LogP contribution is 2.33. The molecule has 0 bridgehead atoms. The zero-order valence-electron chi connectivity index (χ0n) is 31.4. The topological polar surface area (TPSA) is 96.0 Å². The summed E-state index contributed by atoms with van der Waals surface area (Å²) in [7, 11) is 3.26. The van der Waals surface area contributed by atoms with Crippen molar-refractivity contribution in [2.75, 3.05) is 52.0 Å². The van der Waals surface area contributed by atoms with E-state index in [1.54, 1.807) is 24.0 Å². The second kappa shape index (κ2) is 19.5. The van der Waals surface area contributed by atoms with Crippen LogP contribution in [0.4, 0.5) is 10.5 Å². The van der Waals surface area contributed by atoms with Gasteiger partial charge in [0.2, 0.25) is 5.91 Å². The number of carbonyl (C=O) groups excluding carboxylic acids is 2. The van der Waals surface area contributed by atoms with E-state index in [2.05, 4.69) is 12.1 Å². The van der Waals surface area contributed by atoms with E-state index in [9.17, 15) is 9.59 Å². The normalized spacial score (nSPS) is 16.2. The fourth-order valence-corrected chi connectivity index (χ4v) is 6.16. The Kier molecular flexibility index (Phi) is 15.1. The summed E-state index contributed by atoms with van der Waals surface area (Å²) >= 11 is 0. The molecule has 0 saturated carbocycles. The number of anilines is 1. The van der Waals surface area contributed by atoms with Gasteiger partial charge in [0, 0.05) is 43.3 Å². The van der Waals surface area contributed by atoms with Crippen molar-refractivity contribution in [1.82, 2.24) is 4.90 Å². The van der Waals surface area contributed by atoms with Crippen LogP contribution in [0.2, 0.25) is 0 Å². The largest absolute Gasteiger partial charge is 0.496 e. The summed E-state index contributed by atoms with van der Waals surface area (Å²) in [5.41, 5.74) is 3.32. The minimum atomic E-state index is -0.592. The number of likely N-dealkylation sites (tertiary alicyclic amines) is 1. The molecule has 1 saturated heterocycles. The number of rotatable bonds is 17. The third kappa shape index (κ3) is 12.3. The summed E-state index contributed by atoms with van der Waals surface area (Å²) in [5, 5.41) is 0. The van der Waals surface area contributed by atoms with Crippen molar-refractivity contribution in [3.63, 3.8) is 0 Å². The molecule has 51 heavy (non-hydrogen) atoms. The van der Waals surface area contributed by atoms with Crippen LogP contribution in [0.1, 0.15) is 76.5 Å². The maximum Gasteiger partial charge on any atom is 0.410 e. The lowest BCUT2D eigenvalue weighted by atomic mass is 9.87. The summed E-state index contributed by atoms with van der Waals surface area (Å²) in [6, 6.07) is 23.9. The summed E-state index contributed by atoms with van der Waals surface area (Å²) in [5.74, 6) is 1.69. The second-order valence-electron chi connectivity index (χ2n) is 14.1. The van der Waals surface area contributed by atoms with Crippen LogP contribution in [-0.4, -0.2) is 81.8 Å². The number of piperidine rings is 1. The molecule has 0 aliphatic carbocycles. The molecule has 2 amide bonds. The Balaban J connectivity index is 1.38. The summed E-state index contributed by atoms with van der Waals surface area (Å²) in [6.45, 7) is 12.9. The molecule has 3 aromatic rings. The highest BCUT2D eigenvalue weighted by molar-refractivity contribution is 5.94. The Labute approximate surface area is 303 Å². The van der Waals surface area contributed by atoms with E-state index >= 15 is 0 Å². The Hall–Kier alpha value is -4.12. The predicted molar refractivity (Wildman–Crippen MR) is 199 cm³/mol. The number of amides is 2. The predicted octanol–water partition coefficient (Wildman–Crippen LogP) is 7.77. The highest BCUT2D eigenvalue weighted by Gasteiger charge is 2.35. The zero-order valence-corrected chi connectivity index (χ0v) is 31.4. The van der Waals surface area contributed by atoms with Gasteiger partial charge < -0.3 is 38.2 Å². The SMILES string of the molecule is COCCC(=O)N(c1cccc(COC2CN(C(=O)OC(C)(C)C)CCC2c2ccc(OCCCOCc3ccccc3OC)cc2)c1)C(C)C. The third-order valence-electron chi connectivity index (χ3n) is 8.63. The minimum absolute atomic E-state index is 0.00938. The number of methoxy groups -OCH3 is 2. The second-order valence-corrected chi connectivity index (χ2v) is 14.1. The maximum absolute atomic E-state index is 13.1. The number of para-hydroxylation sites is 1. The van der Waals surface area contributed by atoms with Crippen LogP contribution in [0, 0.1) is 0 Å². The van der Waals surface area contributed by atoms with Gasteiger partial charge in [0.15, 0.2) is 0 Å². The number of nitrogens with zero attached hydrogens (tertiary/aromatic N) is 2. The molecular formula is C41H56N2O8. The van der Waals surface area contributed by atoms with Crippen LogP contribution in [0.15, 0.2) is 72.8 Å². The van der Waals surface area contributed by atoms with Crippen LogP contribution < -0.4 is 14.4 Å². The van der Waals surface area contributed by atoms with Crippen LogP contribution in [0.5, 0.6) is 11.5 Å². The number of carbonyl (C=O) groups is 2. The summed E-state index contributed by atoms with van der Waals surface area (Å²) in [4.78, 5) is 29.6. The molecule has 278 valence electrons. The average molecular weight is 705 g/mol. The van der Waals surface area contributed by atoms with Gasteiger partial charge in [0.05, 0.1) is 59.2 Å². The van der Waals surface area contributed by atoms with Crippen molar-refractivity contribution in [2.45, 2.75) is 90.8 Å². The molecular weight excluding hydrogens is 648 g/mol. The maximum atomic E-state index is 13.1. The van der Waals surface area contributed by atoms with Gasteiger partial charge in [-0.05, 0) is 82.5 Å². The van der Waals surface area contributed by atoms with Crippen molar-refractivity contribution in [3.8, 4) is 11.5 Å². The van der Waals surface area contributed by atoms with Crippen molar-refractivity contribution in [1.29, 1.82) is 0 Å². The molecule has 2 unspecified atom stereocenters. The first-order valence-electron chi connectivity index (χ1n) is 17.9. The van der Waals surface area contributed by atoms with Crippen molar-refractivity contribution >= 4 is 17.7 Å². The molecule has 4 rings (SSSR count). The molecule has 1 aliphatic heterocycles. The van der Waals surface area contributed by atoms with Crippen molar-refractivity contribution < 1.29 is 38.0 Å². The van der Waals surface area contributed by atoms with E-state index in [0.29, 0.717) is 52.5 Å². The molecule has 3 aromatic carbocycles. The molecule has 0 radical (unpaired) electrons. The molecule has 1 heterocycles. The van der Waals surface area contributed by atoms with Gasteiger partial charge >= 0.3 is 6.09 Å². The van der Waals surface area contributed by atoms with Crippen LogP contribution in [-0.2, 0) is 37.0 Å². The first-order valence-corrected chi connectivity index (χ1v) is 17.9. The van der Waals surface area contributed by atoms with Crippen LogP contribution in [0.25, 0.3) is 0 Å². The van der Waals surface area contributed by atoms with Crippen molar-refractivity contribution in [3.05, 3.63) is 89.5 Å². The van der Waals surface area contributed by atoms with Gasteiger partial charge in [-0.1, -0.05) is 42.5 Å². The van der Waals surface area contributed by atoms with Gasteiger partial charge in [-0.15, -0.1) is 0 Å². The lowest BCUT2D eigenvalue weighted by molar-refractivity contribution is -0.119. The first kappa shape index (κ1) is 39.7. The molecule has 10 heteroatoms. The zero-order chi connectivity index (χ0) is 36.8. The lowest BCUT2D eigenvalue weighted by Gasteiger charge is -2.39. The number of benzene rings is 3. The standard InChI is InChI=1S/C41H56N2O8/c1-30(2)43(39(44)21-25-46-6)34-14-10-12-31(26-34)28-50-38-27-42(40(45)51-41(3,4)5)22-20-36(38)32-16-18-35(19-17-32)49-24-11-23-48-29-33-13-8-9-15-37(33)47-7/h8-10,12-19,26,30,36,38H,11,20-25,27-29H2,1-7H3. The van der Waals surface area contributed by atoms with E-state index in [-0.39, 0.29) is 30.1 Å². The van der Waals surface area contributed by atoms with E-state index in [4.69, 9.17) is 28.4 Å². The monoisotopic (exact) mass is 704 g/mol. The van der Waals surface area contributed by atoms with Gasteiger partial charge in [0.1, 0.15) is 17.1 Å². The van der Waals surface area contributed by atoms with E-state index in [0.717, 1.165) is 46.7 Å². The van der Waals surface area contributed by atoms with Gasteiger partial charge in [-0.3, -0.25) is 4.79 Å². The Morgan fingerprint density at radius 2 is 1.69 bits per heavy atom. The van der Waals surface area contributed by atoms with Gasteiger partial charge in [-0.2, -0.15) is 0 Å². The molecule has 1 fully saturated rings. The smallest absolute Gasteiger partial charge is 0.410 e. The van der Waals surface area contributed by atoms with Crippen LogP contribution in [0.3, 0.4) is 0 Å². The minimum Gasteiger partial charge on any atom is -0.496 e. The number of ether oxygens (including phenoxy) is 6. The van der Waals surface area contributed by atoms with E-state index in [1.165, 1.54) is 0 Å². The molecule has 10 nitrogen and oxygen atoms in total. The molecule has 0 spiro atoms. The van der Waals surface area contributed by atoms with Gasteiger partial charge in [0.25, 0.3) is 0 Å². The van der Waals surface area contributed by atoms with E-state index < -0.39 is 5.60 Å². The summed E-state index contributed by atoms with van der Waals surface area (Å²) < 4.78 is 34.7. The fourth-order valence-electron chi connectivity index (χ4n) is 6.16. The molecule has 2 atom stereocenters. The third-order valence-corrected chi connectivity index (χ3v) is 8.63. The Morgan fingerprint density at radius 1 is 0.922 bits per heavy atom. The molecule has 1 aliphatic rings. The Bertz CT molecular complexity index is 1520. The summed E-state index contributed by atoms with van der Waals surface area (Å²) in [6.07, 6.45) is 1.18. The van der Waals surface area contributed by atoms with Crippen LogP contribution >= 0.6 is 0 Å². The number of hydrogen-bond acceptors (Lipinski definition) is 8. The molecule has 0 aromatic heterocycles. The number of hydrogen-bond donors (Lipinski definition) is 0. The highest BCUT2D eigenvalue weighted by atomic mass is 16.6. The van der Waals surface area contributed by atoms with Crippen molar-refractivity contribution in [2.24, 2.45) is 0 Å². The molecule has 0 N–H and O–H groups in total. The lowest BCUT2D eigenvalue weighted by Crippen LogP contribution is -2.48. The fraction of sp³-hybridized carbons (Fsp3) is 0.512. The first-order chi connectivity index (χ1) is 24.5. The average Bonchev–Trinajstić information content (AvgIpc) is 3.11. The Morgan fingerprint density at radius 3 is 2.39 bits per heavy atom. The van der Waals surface area contributed by atoms with Gasteiger partial charge in [-0.25, -0.2) is 4.79 Å². The quantitative estimate of drug-likeness (QED) is 0.132. The van der Waals surface area contributed by atoms with E-state index in [1.807, 2.05) is 95.3 Å².